The van der Waals surface area contributed by atoms with E-state index in [1.165, 1.54) is 0 Å². The minimum Gasteiger partial charge on any atom is -0.379 e. The molecule has 0 aliphatic carbocycles. The molecule has 4 heterocycles. The molecular weight excluding hydrogens is 304 g/mol. The van der Waals surface area contributed by atoms with Crippen molar-refractivity contribution in [2.24, 2.45) is 0 Å². The van der Waals surface area contributed by atoms with Gasteiger partial charge in [0.15, 0.2) is 0 Å². The van der Waals surface area contributed by atoms with E-state index in [0.717, 1.165) is 78.9 Å². The van der Waals surface area contributed by atoms with Crippen LogP contribution >= 0.6 is 0 Å². The molecule has 0 spiro atoms. The monoisotopic (exact) mass is 332 g/mol. The Balaban J connectivity index is 0.000000149. The lowest BCUT2D eigenvalue weighted by Crippen LogP contribution is -2.06. The fourth-order valence-corrected chi connectivity index (χ4v) is 1.83. The molecule has 4 aliphatic rings. The smallest absolute Gasteiger partial charge is 0.104 e. The van der Waals surface area contributed by atoms with E-state index in [0.29, 0.717) is 24.4 Å². The molecule has 0 aromatic heterocycles. The van der Waals surface area contributed by atoms with E-state index in [4.69, 9.17) is 33.2 Å². The Morgan fingerprint density at radius 2 is 0.826 bits per heavy atom. The van der Waals surface area contributed by atoms with E-state index in [9.17, 15) is 0 Å². The summed E-state index contributed by atoms with van der Waals surface area (Å²) >= 11 is 0. The maximum absolute atomic E-state index is 5.39. The van der Waals surface area contributed by atoms with Gasteiger partial charge in [0, 0.05) is 13.2 Å². The molecule has 4 rings (SSSR count). The highest BCUT2D eigenvalue weighted by molar-refractivity contribution is 4.71. The predicted molar refractivity (Wildman–Crippen MR) is 80.7 cm³/mol. The quantitative estimate of drug-likeness (QED) is 0.357. The Bertz CT molecular complexity index is 282. The first kappa shape index (κ1) is 17.5. The van der Waals surface area contributed by atoms with Gasteiger partial charge in [-0.3, -0.25) is 0 Å². The Labute approximate surface area is 137 Å². The van der Waals surface area contributed by atoms with Crippen molar-refractivity contribution in [1.82, 2.24) is 0 Å². The summed E-state index contributed by atoms with van der Waals surface area (Å²) in [5, 5.41) is 0. The normalized spacial score (nSPS) is 32.9. The van der Waals surface area contributed by atoms with Crippen LogP contribution in [0.5, 0.6) is 0 Å². The largest absolute Gasteiger partial charge is 0.379 e. The van der Waals surface area contributed by atoms with Gasteiger partial charge in [-0.2, -0.15) is 0 Å². The van der Waals surface area contributed by atoms with Crippen LogP contribution in [0, 0.1) is 0 Å². The number of hydrogen-bond donors (Lipinski definition) is 0. The highest BCUT2D eigenvalue weighted by atomic mass is 16.6. The molecule has 7 nitrogen and oxygen atoms in total. The van der Waals surface area contributed by atoms with Gasteiger partial charge in [0.05, 0.1) is 52.9 Å². The molecule has 4 aliphatic heterocycles. The summed E-state index contributed by atoms with van der Waals surface area (Å²) < 4.78 is 36.0. The minimum atomic E-state index is 0.387. The van der Waals surface area contributed by atoms with Crippen LogP contribution in [0.2, 0.25) is 0 Å². The number of epoxide rings is 4. The third kappa shape index (κ3) is 10.2. The van der Waals surface area contributed by atoms with Crippen molar-refractivity contribution in [2.75, 3.05) is 66.1 Å². The molecule has 23 heavy (non-hydrogen) atoms. The van der Waals surface area contributed by atoms with E-state index in [1.54, 1.807) is 0 Å². The molecule has 0 aromatic rings. The lowest BCUT2D eigenvalue weighted by atomic mass is 10.3. The highest BCUT2D eigenvalue weighted by Gasteiger charge is 2.26. The molecule has 0 radical (unpaired) electrons. The van der Waals surface area contributed by atoms with Crippen LogP contribution in [0.25, 0.3) is 0 Å². The van der Waals surface area contributed by atoms with Crippen LogP contribution in [0.3, 0.4) is 0 Å². The summed E-state index contributed by atoms with van der Waals surface area (Å²) in [6.45, 7) is 8.19. The van der Waals surface area contributed by atoms with Gasteiger partial charge >= 0.3 is 0 Å². The Morgan fingerprint density at radius 1 is 0.522 bits per heavy atom. The van der Waals surface area contributed by atoms with Gasteiger partial charge < -0.3 is 33.2 Å². The lowest BCUT2D eigenvalue weighted by Gasteiger charge is -2.03. The molecule has 4 saturated heterocycles. The van der Waals surface area contributed by atoms with E-state index in [2.05, 4.69) is 0 Å². The molecule has 0 amide bonds. The molecule has 0 saturated carbocycles. The van der Waals surface area contributed by atoms with Gasteiger partial charge in [-0.15, -0.1) is 0 Å². The lowest BCUT2D eigenvalue weighted by molar-refractivity contribution is 0.0885. The van der Waals surface area contributed by atoms with Crippen LogP contribution in [-0.4, -0.2) is 90.5 Å². The molecular formula is C16H28O7. The molecule has 4 unspecified atom stereocenters. The SMILES string of the molecule is C(CCOCC1CO1)COCC1CO1.C(OCC1CO1)C1CO1. The fraction of sp³-hybridized carbons (Fsp3) is 1.00. The first-order chi connectivity index (χ1) is 11.4. The maximum atomic E-state index is 5.39. The molecule has 4 fully saturated rings. The van der Waals surface area contributed by atoms with Crippen LogP contribution in [0.15, 0.2) is 0 Å². The van der Waals surface area contributed by atoms with Crippen LogP contribution in [0.4, 0.5) is 0 Å². The molecule has 134 valence electrons. The van der Waals surface area contributed by atoms with E-state index < -0.39 is 0 Å². The standard InChI is InChI=1S/C10H18O4.C6H10O3/c1(3-11-5-9-7-13-9)2-4-12-6-10-8-14-10;1(5-3-8-5)7-2-6-4-9-6/h9-10H,1-8H2;5-6H,1-4H2. The van der Waals surface area contributed by atoms with Crippen molar-refractivity contribution in [3.8, 4) is 0 Å². The molecule has 0 N–H and O–H groups in total. The Kier molecular flexibility index (Phi) is 7.54. The molecule has 4 atom stereocenters. The van der Waals surface area contributed by atoms with E-state index >= 15 is 0 Å². The van der Waals surface area contributed by atoms with Gasteiger partial charge in [-0.25, -0.2) is 0 Å². The van der Waals surface area contributed by atoms with Gasteiger partial charge in [-0.1, -0.05) is 0 Å². The van der Waals surface area contributed by atoms with Crippen molar-refractivity contribution >= 4 is 0 Å². The second-order valence-corrected chi connectivity index (χ2v) is 6.22. The zero-order valence-electron chi connectivity index (χ0n) is 13.7. The number of hydrogen-bond acceptors (Lipinski definition) is 7. The van der Waals surface area contributed by atoms with Crippen molar-refractivity contribution in [3.05, 3.63) is 0 Å². The van der Waals surface area contributed by atoms with Crippen molar-refractivity contribution in [2.45, 2.75) is 37.3 Å². The van der Waals surface area contributed by atoms with Crippen molar-refractivity contribution < 1.29 is 33.2 Å². The molecule has 7 heteroatoms. The zero-order valence-corrected chi connectivity index (χ0v) is 13.7. The fourth-order valence-electron chi connectivity index (χ4n) is 1.83. The van der Waals surface area contributed by atoms with Crippen molar-refractivity contribution in [1.29, 1.82) is 0 Å². The summed E-state index contributed by atoms with van der Waals surface area (Å²) in [5.41, 5.74) is 0. The summed E-state index contributed by atoms with van der Waals surface area (Å²) in [4.78, 5) is 0. The Hall–Kier alpha value is -0.280. The first-order valence-electron chi connectivity index (χ1n) is 8.60. The second kappa shape index (κ2) is 9.88. The molecule has 0 bridgehead atoms. The summed E-state index contributed by atoms with van der Waals surface area (Å²) in [6.07, 6.45) is 3.69. The summed E-state index contributed by atoms with van der Waals surface area (Å²) in [5.74, 6) is 0. The number of rotatable bonds is 13. The van der Waals surface area contributed by atoms with Crippen LogP contribution in [0.1, 0.15) is 12.8 Å². The average molecular weight is 332 g/mol. The topological polar surface area (TPSA) is 77.8 Å². The Morgan fingerprint density at radius 3 is 1.13 bits per heavy atom. The third-order valence-corrected chi connectivity index (χ3v) is 3.65. The minimum absolute atomic E-state index is 0.387. The predicted octanol–water partition coefficient (Wildman–Crippen LogP) is 0.398. The molecule has 0 aromatic carbocycles. The summed E-state index contributed by atoms with van der Waals surface area (Å²) in [6, 6.07) is 0. The average Bonchev–Trinajstić information content (AvgIpc) is 3.35. The van der Waals surface area contributed by atoms with Crippen LogP contribution < -0.4 is 0 Å². The van der Waals surface area contributed by atoms with Crippen molar-refractivity contribution in [3.63, 3.8) is 0 Å². The zero-order chi connectivity index (χ0) is 15.7. The third-order valence-electron chi connectivity index (χ3n) is 3.65. The highest BCUT2D eigenvalue weighted by Crippen LogP contribution is 2.12. The van der Waals surface area contributed by atoms with Gasteiger partial charge in [0.2, 0.25) is 0 Å². The van der Waals surface area contributed by atoms with Gasteiger partial charge in [-0.05, 0) is 12.8 Å². The van der Waals surface area contributed by atoms with Gasteiger partial charge in [0.25, 0.3) is 0 Å². The maximum Gasteiger partial charge on any atom is 0.104 e. The second-order valence-electron chi connectivity index (χ2n) is 6.22. The number of ether oxygens (including phenoxy) is 7. The summed E-state index contributed by atoms with van der Waals surface area (Å²) in [7, 11) is 0. The van der Waals surface area contributed by atoms with Crippen LogP contribution in [-0.2, 0) is 33.2 Å². The first-order valence-corrected chi connectivity index (χ1v) is 8.60. The van der Waals surface area contributed by atoms with E-state index in [-0.39, 0.29) is 0 Å². The number of unbranched alkanes of at least 4 members (excludes halogenated alkanes) is 1. The van der Waals surface area contributed by atoms with E-state index in [1.807, 2.05) is 0 Å². The van der Waals surface area contributed by atoms with Gasteiger partial charge in [0.1, 0.15) is 24.4 Å².